The maximum Gasteiger partial charge on any atom is 0.294 e. The molecule has 33 heavy (non-hydrogen) atoms. The minimum atomic E-state index is -0.783. The molecule has 5 nitrogen and oxygen atoms in total. The smallest absolute Gasteiger partial charge is 0.294 e. The predicted octanol–water partition coefficient (Wildman–Crippen LogP) is 6.33. The summed E-state index contributed by atoms with van der Waals surface area (Å²) in [6.45, 7) is 7.37. The number of aliphatic hydroxyl groups excluding tert-OH is 1. The zero-order valence-corrected chi connectivity index (χ0v) is 19.9. The summed E-state index contributed by atoms with van der Waals surface area (Å²) in [5.74, 6) is -1.15. The molecule has 1 amide bonds. The number of carbonyl (C=O) groups is 2. The maximum atomic E-state index is 13.3. The number of carbonyl (C=O) groups excluding carboxylic acids is 2. The van der Waals surface area contributed by atoms with Crippen molar-refractivity contribution in [1.29, 1.82) is 0 Å². The van der Waals surface area contributed by atoms with Crippen LogP contribution >= 0.6 is 11.3 Å². The number of Topliss-reactive ketones (excluding diaryl/α,β-unsaturated/α-hetero) is 1. The number of anilines is 1. The molecule has 0 saturated heterocycles. The van der Waals surface area contributed by atoms with Crippen LogP contribution in [-0.2, 0) is 9.59 Å². The van der Waals surface area contributed by atoms with Crippen LogP contribution in [0, 0.1) is 5.92 Å². The molecule has 0 radical (unpaired) electrons. The summed E-state index contributed by atoms with van der Waals surface area (Å²) in [4.78, 5) is 28.0. The Balaban J connectivity index is 1.84. The monoisotopic (exact) mass is 461 g/mol. The van der Waals surface area contributed by atoms with Crippen LogP contribution in [0.25, 0.3) is 11.1 Å². The van der Waals surface area contributed by atoms with E-state index in [0.29, 0.717) is 17.0 Å². The van der Waals surface area contributed by atoms with E-state index in [1.165, 1.54) is 4.90 Å². The quantitative estimate of drug-likeness (QED) is 0.447. The Kier molecular flexibility index (Phi) is 6.38. The first-order valence-electron chi connectivity index (χ1n) is 11.0. The second-order valence-corrected chi connectivity index (χ2v) is 9.40. The Bertz CT molecular complexity index is 1190. The topological polar surface area (TPSA) is 66.8 Å². The second-order valence-electron chi connectivity index (χ2n) is 8.62. The average Bonchev–Trinajstić information content (AvgIpc) is 3.41. The Morgan fingerprint density at radius 2 is 1.70 bits per heavy atom. The number of hydrogen-bond donors (Lipinski definition) is 1. The summed E-state index contributed by atoms with van der Waals surface area (Å²) >= 11 is 1.62. The summed E-state index contributed by atoms with van der Waals surface area (Å²) in [5.41, 5.74) is 3.50. The summed E-state index contributed by atoms with van der Waals surface area (Å²) < 4.78 is 6.02. The fourth-order valence-corrected chi connectivity index (χ4v) is 4.70. The van der Waals surface area contributed by atoms with Gasteiger partial charge < -0.3 is 9.84 Å². The molecule has 1 aromatic heterocycles. The lowest BCUT2D eigenvalue weighted by molar-refractivity contribution is -0.119. The minimum absolute atomic E-state index is 0.0941. The molecule has 0 bridgehead atoms. The number of ether oxygens (including phenoxy) is 1. The van der Waals surface area contributed by atoms with Crippen molar-refractivity contribution in [2.75, 3.05) is 4.90 Å². The molecule has 2 aromatic carbocycles. The fraction of sp³-hybridized carbons (Fsp3) is 0.259. The molecule has 1 unspecified atom stereocenters. The van der Waals surface area contributed by atoms with Gasteiger partial charge in [-0.2, -0.15) is 11.3 Å². The molecule has 0 aliphatic carbocycles. The molecule has 0 saturated carbocycles. The number of hydrogen-bond acceptors (Lipinski definition) is 5. The van der Waals surface area contributed by atoms with Gasteiger partial charge in [-0.1, -0.05) is 44.2 Å². The van der Waals surface area contributed by atoms with Crippen LogP contribution in [0.4, 0.5) is 5.69 Å². The molecule has 1 aliphatic rings. The highest BCUT2D eigenvalue weighted by atomic mass is 32.1. The minimum Gasteiger partial charge on any atom is -0.503 e. The van der Waals surface area contributed by atoms with Gasteiger partial charge in [0.15, 0.2) is 11.5 Å². The van der Waals surface area contributed by atoms with Crippen molar-refractivity contribution in [1.82, 2.24) is 0 Å². The molecule has 0 spiro atoms. The van der Waals surface area contributed by atoms with Gasteiger partial charge in [-0.3, -0.25) is 14.5 Å². The van der Waals surface area contributed by atoms with Gasteiger partial charge in [0.2, 0.25) is 0 Å². The lowest BCUT2D eigenvalue weighted by Crippen LogP contribution is -2.32. The molecular formula is C27H27NO4S. The lowest BCUT2D eigenvalue weighted by Gasteiger charge is -2.29. The lowest BCUT2D eigenvalue weighted by atomic mass is 9.90. The van der Waals surface area contributed by atoms with Crippen LogP contribution in [0.15, 0.2) is 76.7 Å². The van der Waals surface area contributed by atoms with Crippen LogP contribution in [0.5, 0.6) is 5.75 Å². The first-order valence-corrected chi connectivity index (χ1v) is 11.9. The predicted molar refractivity (Wildman–Crippen MR) is 132 cm³/mol. The Labute approximate surface area is 197 Å². The van der Waals surface area contributed by atoms with Crippen LogP contribution in [0.1, 0.15) is 39.3 Å². The highest BCUT2D eigenvalue weighted by Crippen LogP contribution is 2.45. The van der Waals surface area contributed by atoms with Gasteiger partial charge in [0, 0.05) is 17.2 Å². The number of amides is 1. The summed E-state index contributed by atoms with van der Waals surface area (Å²) in [6.07, 6.45) is -0.0941. The van der Waals surface area contributed by atoms with Gasteiger partial charge in [0.25, 0.3) is 5.91 Å². The number of nitrogens with zero attached hydrogens (tertiary/aromatic N) is 1. The summed E-state index contributed by atoms with van der Waals surface area (Å²) in [5, 5.41) is 14.9. The third-order valence-electron chi connectivity index (χ3n) is 5.57. The van der Waals surface area contributed by atoms with Crippen LogP contribution in [0.3, 0.4) is 0 Å². The molecule has 6 heteroatoms. The number of aliphatic hydroxyl groups is 1. The molecule has 4 rings (SSSR count). The van der Waals surface area contributed by atoms with Crippen molar-refractivity contribution in [3.63, 3.8) is 0 Å². The first kappa shape index (κ1) is 22.8. The SMILES string of the molecule is CC(C)Oc1ccccc1C1C(C(=O)C(C)C)=C(O)C(=O)N1c1ccc(-c2ccsc2)cc1. The van der Waals surface area contributed by atoms with E-state index < -0.39 is 17.7 Å². The van der Waals surface area contributed by atoms with Gasteiger partial charge >= 0.3 is 0 Å². The van der Waals surface area contributed by atoms with E-state index in [-0.39, 0.29) is 23.4 Å². The second kappa shape index (κ2) is 9.24. The van der Waals surface area contributed by atoms with Gasteiger partial charge in [-0.25, -0.2) is 0 Å². The fourth-order valence-electron chi connectivity index (χ4n) is 4.04. The normalized spacial score (nSPS) is 16.2. The van der Waals surface area contributed by atoms with E-state index >= 15 is 0 Å². The summed E-state index contributed by atoms with van der Waals surface area (Å²) in [6, 6.07) is 16.2. The molecule has 1 N–H and O–H groups in total. The molecule has 1 aliphatic heterocycles. The van der Waals surface area contributed by atoms with Gasteiger partial charge in [-0.05, 0) is 60.0 Å². The molecule has 170 valence electrons. The Morgan fingerprint density at radius 1 is 1.00 bits per heavy atom. The zero-order chi connectivity index (χ0) is 23.7. The van der Waals surface area contributed by atoms with Crippen LogP contribution in [0.2, 0.25) is 0 Å². The number of ketones is 1. The van der Waals surface area contributed by atoms with Crippen molar-refractivity contribution in [2.45, 2.75) is 39.8 Å². The number of benzene rings is 2. The third-order valence-corrected chi connectivity index (χ3v) is 6.26. The van der Waals surface area contributed by atoms with E-state index in [9.17, 15) is 14.7 Å². The highest BCUT2D eigenvalue weighted by Gasteiger charge is 2.45. The first-order chi connectivity index (χ1) is 15.8. The van der Waals surface area contributed by atoms with E-state index in [4.69, 9.17) is 4.74 Å². The number of thiophene rings is 1. The molecule has 1 atom stereocenters. The number of para-hydroxylation sites is 1. The standard InChI is InChI=1S/C27H27NO4S/c1-16(2)25(29)23-24(21-7-5-6-8-22(21)32-17(3)4)28(27(31)26(23)30)20-11-9-18(10-12-20)19-13-14-33-15-19/h5-17,24,30H,1-4H3. The molecule has 3 aromatic rings. The molecule has 2 heterocycles. The number of rotatable bonds is 7. The van der Waals surface area contributed by atoms with E-state index in [1.807, 2.05) is 73.8 Å². The highest BCUT2D eigenvalue weighted by molar-refractivity contribution is 7.08. The largest absolute Gasteiger partial charge is 0.503 e. The Morgan fingerprint density at radius 3 is 2.30 bits per heavy atom. The van der Waals surface area contributed by atoms with Crippen LogP contribution in [-0.4, -0.2) is 22.9 Å². The van der Waals surface area contributed by atoms with Crippen LogP contribution < -0.4 is 9.64 Å². The van der Waals surface area contributed by atoms with Crippen molar-refractivity contribution in [2.24, 2.45) is 5.92 Å². The van der Waals surface area contributed by atoms with Crippen molar-refractivity contribution in [3.05, 3.63) is 82.3 Å². The zero-order valence-electron chi connectivity index (χ0n) is 19.1. The van der Waals surface area contributed by atoms with Crippen molar-refractivity contribution in [3.8, 4) is 16.9 Å². The third kappa shape index (κ3) is 4.31. The van der Waals surface area contributed by atoms with Crippen molar-refractivity contribution < 1.29 is 19.4 Å². The summed E-state index contributed by atoms with van der Waals surface area (Å²) in [7, 11) is 0. The van der Waals surface area contributed by atoms with E-state index in [2.05, 4.69) is 5.38 Å². The maximum absolute atomic E-state index is 13.3. The molecule has 0 fully saturated rings. The van der Waals surface area contributed by atoms with Gasteiger partial charge in [0.05, 0.1) is 17.7 Å². The molecular weight excluding hydrogens is 434 g/mol. The average molecular weight is 462 g/mol. The van der Waals surface area contributed by atoms with Gasteiger partial charge in [0.1, 0.15) is 5.75 Å². The van der Waals surface area contributed by atoms with Crippen molar-refractivity contribution >= 4 is 28.7 Å². The Hall–Kier alpha value is -3.38. The van der Waals surface area contributed by atoms with E-state index in [1.54, 1.807) is 25.2 Å². The van der Waals surface area contributed by atoms with E-state index in [0.717, 1.165) is 11.1 Å². The van der Waals surface area contributed by atoms with Gasteiger partial charge in [-0.15, -0.1) is 0 Å².